The molecule has 110 valence electrons. The van der Waals surface area contributed by atoms with Crippen molar-refractivity contribution >= 4 is 11.8 Å². The highest BCUT2D eigenvalue weighted by atomic mass is 16.5. The maximum absolute atomic E-state index is 12.1. The molecule has 0 radical (unpaired) electrons. The first kappa shape index (κ1) is 16.4. The lowest BCUT2D eigenvalue weighted by Crippen LogP contribution is -2.38. The Morgan fingerprint density at radius 1 is 1.20 bits per heavy atom. The first-order valence-electron chi connectivity index (χ1n) is 7.03. The molecule has 1 aromatic carbocycles. The summed E-state index contributed by atoms with van der Waals surface area (Å²) in [6.07, 6.45) is 0.945. The number of ether oxygens (including phenoxy) is 1. The fourth-order valence-corrected chi connectivity index (χ4v) is 1.92. The van der Waals surface area contributed by atoms with Gasteiger partial charge in [-0.05, 0) is 53.0 Å². The molecule has 0 bridgehead atoms. The molecule has 1 aromatic rings. The van der Waals surface area contributed by atoms with Gasteiger partial charge in [-0.1, -0.05) is 29.8 Å². The van der Waals surface area contributed by atoms with Gasteiger partial charge in [0.05, 0.1) is 6.10 Å². The summed E-state index contributed by atoms with van der Waals surface area (Å²) in [6.45, 7) is 8.74. The summed E-state index contributed by atoms with van der Waals surface area (Å²) in [6, 6.07) is 8.13. The SMILES string of the molecule is CC(=O)C(C)(CCc1ccc(C)cc1)C(=O)OC(C)C. The Morgan fingerprint density at radius 2 is 1.75 bits per heavy atom. The zero-order valence-electron chi connectivity index (χ0n) is 13.0. The molecule has 1 rings (SSSR count). The molecule has 0 N–H and O–H groups in total. The van der Waals surface area contributed by atoms with E-state index in [4.69, 9.17) is 4.74 Å². The van der Waals surface area contributed by atoms with Gasteiger partial charge in [0, 0.05) is 0 Å². The van der Waals surface area contributed by atoms with Gasteiger partial charge in [-0.15, -0.1) is 0 Å². The molecule has 0 saturated heterocycles. The summed E-state index contributed by atoms with van der Waals surface area (Å²) in [7, 11) is 0. The van der Waals surface area contributed by atoms with Crippen LogP contribution in [0, 0.1) is 12.3 Å². The molecule has 1 atom stereocenters. The zero-order chi connectivity index (χ0) is 15.3. The molecule has 0 aliphatic rings. The maximum Gasteiger partial charge on any atom is 0.319 e. The minimum atomic E-state index is -1.06. The number of carbonyl (C=O) groups is 2. The van der Waals surface area contributed by atoms with E-state index in [-0.39, 0.29) is 11.9 Å². The normalized spacial score (nSPS) is 13.9. The van der Waals surface area contributed by atoms with Gasteiger partial charge in [0.2, 0.25) is 0 Å². The Morgan fingerprint density at radius 3 is 2.20 bits per heavy atom. The Labute approximate surface area is 121 Å². The number of Topliss-reactive ketones (excluding diaryl/α,β-unsaturated/α-hetero) is 1. The molecule has 20 heavy (non-hydrogen) atoms. The molecule has 0 spiro atoms. The van der Waals surface area contributed by atoms with Gasteiger partial charge in [0.1, 0.15) is 11.2 Å². The molecule has 0 saturated carbocycles. The lowest BCUT2D eigenvalue weighted by molar-refractivity contribution is -0.162. The molecule has 0 fully saturated rings. The lowest BCUT2D eigenvalue weighted by Gasteiger charge is -2.25. The number of benzene rings is 1. The van der Waals surface area contributed by atoms with Crippen LogP contribution in [0.5, 0.6) is 0 Å². The first-order valence-corrected chi connectivity index (χ1v) is 7.03. The molecule has 0 heterocycles. The molecule has 1 unspecified atom stereocenters. The van der Waals surface area contributed by atoms with E-state index in [9.17, 15) is 9.59 Å². The van der Waals surface area contributed by atoms with Gasteiger partial charge < -0.3 is 4.74 Å². The van der Waals surface area contributed by atoms with Crippen molar-refractivity contribution in [3.8, 4) is 0 Å². The van der Waals surface area contributed by atoms with Crippen molar-refractivity contribution in [1.29, 1.82) is 0 Å². The lowest BCUT2D eigenvalue weighted by atomic mass is 9.80. The quantitative estimate of drug-likeness (QED) is 0.590. The number of aryl methyl sites for hydroxylation is 2. The number of hydrogen-bond acceptors (Lipinski definition) is 3. The van der Waals surface area contributed by atoms with E-state index >= 15 is 0 Å². The summed E-state index contributed by atoms with van der Waals surface area (Å²) in [4.78, 5) is 24.0. The van der Waals surface area contributed by atoms with Gasteiger partial charge in [0.25, 0.3) is 0 Å². The molecule has 0 aliphatic heterocycles. The highest BCUT2D eigenvalue weighted by Crippen LogP contribution is 2.27. The molecular formula is C17H24O3. The number of rotatable bonds is 6. The highest BCUT2D eigenvalue weighted by Gasteiger charge is 2.39. The standard InChI is InChI=1S/C17H24O3/c1-12(2)20-16(19)17(5,14(4)18)11-10-15-8-6-13(3)7-9-15/h6-9,12H,10-11H2,1-5H3. The van der Waals surface area contributed by atoms with Crippen LogP contribution in [0.3, 0.4) is 0 Å². The predicted molar refractivity (Wildman–Crippen MR) is 79.5 cm³/mol. The van der Waals surface area contributed by atoms with E-state index < -0.39 is 11.4 Å². The monoisotopic (exact) mass is 276 g/mol. The number of ketones is 1. The van der Waals surface area contributed by atoms with E-state index in [1.807, 2.05) is 31.2 Å². The second-order valence-corrected chi connectivity index (χ2v) is 5.83. The summed E-state index contributed by atoms with van der Waals surface area (Å²) in [5.41, 5.74) is 1.26. The zero-order valence-corrected chi connectivity index (χ0v) is 13.0. The molecule has 3 heteroatoms. The molecular weight excluding hydrogens is 252 g/mol. The Kier molecular flexibility index (Phi) is 5.49. The van der Waals surface area contributed by atoms with Gasteiger partial charge in [0.15, 0.2) is 0 Å². The molecule has 0 amide bonds. The van der Waals surface area contributed by atoms with E-state index in [0.717, 1.165) is 5.56 Å². The molecule has 3 nitrogen and oxygen atoms in total. The third kappa shape index (κ3) is 4.19. The first-order chi connectivity index (χ1) is 9.25. The van der Waals surface area contributed by atoms with Crippen LogP contribution in [0.4, 0.5) is 0 Å². The van der Waals surface area contributed by atoms with Crippen LogP contribution in [-0.2, 0) is 20.7 Å². The minimum Gasteiger partial charge on any atom is -0.462 e. The van der Waals surface area contributed by atoms with Crippen molar-refractivity contribution in [2.24, 2.45) is 5.41 Å². The fraction of sp³-hybridized carbons (Fsp3) is 0.529. The molecule has 0 aromatic heterocycles. The molecule has 0 aliphatic carbocycles. The third-order valence-electron chi connectivity index (χ3n) is 3.60. The second kappa shape index (κ2) is 6.69. The van der Waals surface area contributed by atoms with Crippen LogP contribution in [-0.4, -0.2) is 17.9 Å². The highest BCUT2D eigenvalue weighted by molar-refractivity contribution is 6.02. The maximum atomic E-state index is 12.1. The smallest absolute Gasteiger partial charge is 0.319 e. The van der Waals surface area contributed by atoms with Crippen molar-refractivity contribution in [1.82, 2.24) is 0 Å². The second-order valence-electron chi connectivity index (χ2n) is 5.83. The average molecular weight is 276 g/mol. The summed E-state index contributed by atoms with van der Waals surface area (Å²) < 4.78 is 5.22. The van der Waals surface area contributed by atoms with E-state index in [1.165, 1.54) is 12.5 Å². The largest absolute Gasteiger partial charge is 0.462 e. The topological polar surface area (TPSA) is 43.4 Å². The van der Waals surface area contributed by atoms with Crippen molar-refractivity contribution in [2.75, 3.05) is 0 Å². The minimum absolute atomic E-state index is 0.143. The summed E-state index contributed by atoms with van der Waals surface area (Å²) >= 11 is 0. The van der Waals surface area contributed by atoms with E-state index in [2.05, 4.69) is 0 Å². The van der Waals surface area contributed by atoms with Crippen molar-refractivity contribution in [3.63, 3.8) is 0 Å². The average Bonchev–Trinajstić information content (AvgIpc) is 2.36. The van der Waals surface area contributed by atoms with E-state index in [0.29, 0.717) is 12.8 Å². The van der Waals surface area contributed by atoms with Crippen LogP contribution in [0.25, 0.3) is 0 Å². The summed E-state index contributed by atoms with van der Waals surface area (Å²) in [5, 5.41) is 0. The van der Waals surface area contributed by atoms with Gasteiger partial charge in [-0.2, -0.15) is 0 Å². The number of esters is 1. The van der Waals surface area contributed by atoms with Crippen LogP contribution < -0.4 is 0 Å². The van der Waals surface area contributed by atoms with Crippen LogP contribution in [0.2, 0.25) is 0 Å². The fourth-order valence-electron chi connectivity index (χ4n) is 1.92. The van der Waals surface area contributed by atoms with Gasteiger partial charge >= 0.3 is 5.97 Å². The van der Waals surface area contributed by atoms with Crippen LogP contribution in [0.15, 0.2) is 24.3 Å². The predicted octanol–water partition coefficient (Wildman–Crippen LogP) is 3.47. The number of carbonyl (C=O) groups excluding carboxylic acids is 2. The Hall–Kier alpha value is -1.64. The third-order valence-corrected chi connectivity index (χ3v) is 3.60. The van der Waals surface area contributed by atoms with Crippen molar-refractivity contribution in [2.45, 2.75) is 53.6 Å². The van der Waals surface area contributed by atoms with E-state index in [1.54, 1.807) is 20.8 Å². The van der Waals surface area contributed by atoms with Gasteiger partial charge in [-0.3, -0.25) is 9.59 Å². The van der Waals surface area contributed by atoms with Crippen molar-refractivity contribution < 1.29 is 14.3 Å². The van der Waals surface area contributed by atoms with Gasteiger partial charge in [-0.25, -0.2) is 0 Å². The van der Waals surface area contributed by atoms with Crippen LogP contribution >= 0.6 is 0 Å². The van der Waals surface area contributed by atoms with Crippen molar-refractivity contribution in [3.05, 3.63) is 35.4 Å². The van der Waals surface area contributed by atoms with Crippen LogP contribution in [0.1, 0.15) is 45.2 Å². The Balaban J connectivity index is 2.79. The number of hydrogen-bond donors (Lipinski definition) is 0. The summed E-state index contributed by atoms with van der Waals surface area (Å²) in [5.74, 6) is -0.567. The Bertz CT molecular complexity index is 474.